The van der Waals surface area contributed by atoms with Gasteiger partial charge in [-0.25, -0.2) is 0 Å². The molecule has 8 aromatic rings. The highest BCUT2D eigenvalue weighted by atomic mass is 15.0. The Morgan fingerprint density at radius 2 is 0.841 bits per heavy atom. The molecular formula is C43H29N. The molecule has 0 amide bonds. The summed E-state index contributed by atoms with van der Waals surface area (Å²) >= 11 is 0. The zero-order chi connectivity index (χ0) is 29.1. The molecule has 1 heterocycles. The standard InChI is InChI=1S/C43H29N/c1-4-14-30(15-5-1)31-24-26-35-36-27-25-34(44-41-22-12-10-20-37(41)38-21-11-13-23-42(38)44)29-40(36)43(39(35)28-31,32-16-6-2-7-17-32)33-18-8-3-9-19-33/h1-29H. The van der Waals surface area contributed by atoms with Crippen molar-refractivity contribution in [2.24, 2.45) is 0 Å². The summed E-state index contributed by atoms with van der Waals surface area (Å²) < 4.78 is 2.43. The Bertz CT molecular complexity index is 2220. The molecule has 0 spiro atoms. The van der Waals surface area contributed by atoms with E-state index in [0.29, 0.717) is 0 Å². The third-order valence-corrected chi connectivity index (χ3v) is 9.48. The van der Waals surface area contributed by atoms with Crippen molar-refractivity contribution in [1.29, 1.82) is 0 Å². The quantitative estimate of drug-likeness (QED) is 0.202. The summed E-state index contributed by atoms with van der Waals surface area (Å²) in [7, 11) is 0. The minimum absolute atomic E-state index is 0.479. The fourth-order valence-electron chi connectivity index (χ4n) is 7.63. The van der Waals surface area contributed by atoms with Gasteiger partial charge in [0.05, 0.1) is 16.4 Å². The molecule has 1 aliphatic carbocycles. The van der Waals surface area contributed by atoms with E-state index in [2.05, 4.69) is 180 Å². The van der Waals surface area contributed by atoms with Crippen LogP contribution in [-0.2, 0) is 5.41 Å². The normalized spacial score (nSPS) is 13.2. The first-order valence-electron chi connectivity index (χ1n) is 15.3. The fraction of sp³-hybridized carbons (Fsp3) is 0.0233. The van der Waals surface area contributed by atoms with Gasteiger partial charge in [-0.1, -0.05) is 146 Å². The van der Waals surface area contributed by atoms with E-state index in [4.69, 9.17) is 0 Å². The molecule has 0 saturated carbocycles. The van der Waals surface area contributed by atoms with Crippen LogP contribution in [-0.4, -0.2) is 4.57 Å². The fourth-order valence-corrected chi connectivity index (χ4v) is 7.63. The lowest BCUT2D eigenvalue weighted by molar-refractivity contribution is 0.768. The molecule has 0 fully saturated rings. The van der Waals surface area contributed by atoms with E-state index in [0.717, 1.165) is 0 Å². The molecule has 1 heteroatoms. The lowest BCUT2D eigenvalue weighted by Crippen LogP contribution is -2.28. The van der Waals surface area contributed by atoms with E-state index in [1.165, 1.54) is 72.0 Å². The van der Waals surface area contributed by atoms with Gasteiger partial charge in [-0.15, -0.1) is 0 Å². The Labute approximate surface area is 257 Å². The third-order valence-electron chi connectivity index (χ3n) is 9.48. The predicted molar refractivity (Wildman–Crippen MR) is 184 cm³/mol. The molecule has 44 heavy (non-hydrogen) atoms. The highest BCUT2D eigenvalue weighted by molar-refractivity contribution is 6.09. The number of hydrogen-bond donors (Lipinski definition) is 0. The SMILES string of the molecule is c1ccc(-c2ccc3c(c2)C(c2ccccc2)(c2ccccc2)c2cc(-n4c5ccccc5c5ccccc54)ccc2-3)cc1. The number of benzene rings is 7. The van der Waals surface area contributed by atoms with Gasteiger partial charge in [-0.05, 0) is 74.8 Å². The Morgan fingerprint density at radius 3 is 1.43 bits per heavy atom. The van der Waals surface area contributed by atoms with Crippen molar-refractivity contribution < 1.29 is 0 Å². The largest absolute Gasteiger partial charge is 0.309 e. The van der Waals surface area contributed by atoms with Crippen LogP contribution < -0.4 is 0 Å². The zero-order valence-electron chi connectivity index (χ0n) is 24.2. The second-order valence-corrected chi connectivity index (χ2v) is 11.7. The molecule has 9 rings (SSSR count). The molecule has 0 atom stereocenters. The highest BCUT2D eigenvalue weighted by Crippen LogP contribution is 2.57. The smallest absolute Gasteiger partial charge is 0.0714 e. The van der Waals surface area contributed by atoms with Crippen LogP contribution >= 0.6 is 0 Å². The molecule has 0 N–H and O–H groups in total. The molecule has 0 bridgehead atoms. The van der Waals surface area contributed by atoms with Crippen LogP contribution in [0.4, 0.5) is 0 Å². The Balaban J connectivity index is 1.40. The Hall–Kier alpha value is -5.66. The van der Waals surface area contributed by atoms with E-state index >= 15 is 0 Å². The molecule has 1 nitrogen and oxygen atoms in total. The number of fused-ring (bicyclic) bond motifs is 6. The summed E-state index contributed by atoms with van der Waals surface area (Å²) in [5.41, 5.74) is 13.4. The average molecular weight is 560 g/mol. The summed E-state index contributed by atoms with van der Waals surface area (Å²) in [4.78, 5) is 0. The van der Waals surface area contributed by atoms with Gasteiger partial charge in [0.1, 0.15) is 0 Å². The summed E-state index contributed by atoms with van der Waals surface area (Å²) in [6, 6.07) is 64.6. The van der Waals surface area contributed by atoms with Crippen molar-refractivity contribution >= 4 is 21.8 Å². The first-order chi connectivity index (χ1) is 21.8. The Kier molecular flexibility index (Phi) is 5.48. The summed E-state index contributed by atoms with van der Waals surface area (Å²) in [6.07, 6.45) is 0. The number of aromatic nitrogens is 1. The molecule has 0 saturated heterocycles. The van der Waals surface area contributed by atoms with Crippen LogP contribution in [0.1, 0.15) is 22.3 Å². The van der Waals surface area contributed by atoms with Crippen molar-refractivity contribution in [2.75, 3.05) is 0 Å². The van der Waals surface area contributed by atoms with Crippen molar-refractivity contribution in [3.63, 3.8) is 0 Å². The van der Waals surface area contributed by atoms with Gasteiger partial charge >= 0.3 is 0 Å². The molecule has 1 aliphatic rings. The van der Waals surface area contributed by atoms with Crippen molar-refractivity contribution in [1.82, 2.24) is 4.57 Å². The molecule has 0 unspecified atom stereocenters. The van der Waals surface area contributed by atoms with Gasteiger partial charge in [0.2, 0.25) is 0 Å². The highest BCUT2D eigenvalue weighted by Gasteiger charge is 2.46. The number of nitrogens with zero attached hydrogens (tertiary/aromatic N) is 1. The molecular weight excluding hydrogens is 530 g/mol. The van der Waals surface area contributed by atoms with Gasteiger partial charge in [-0.2, -0.15) is 0 Å². The van der Waals surface area contributed by atoms with E-state index in [1.54, 1.807) is 0 Å². The van der Waals surface area contributed by atoms with Crippen LogP contribution in [0, 0.1) is 0 Å². The van der Waals surface area contributed by atoms with Crippen LogP contribution in [0.3, 0.4) is 0 Å². The van der Waals surface area contributed by atoms with Crippen LogP contribution in [0.5, 0.6) is 0 Å². The molecule has 0 aliphatic heterocycles. The van der Waals surface area contributed by atoms with E-state index in [9.17, 15) is 0 Å². The number of para-hydroxylation sites is 2. The minimum atomic E-state index is -0.479. The van der Waals surface area contributed by atoms with Gasteiger partial charge < -0.3 is 4.57 Å². The summed E-state index contributed by atoms with van der Waals surface area (Å²) in [5, 5.41) is 2.55. The topological polar surface area (TPSA) is 4.93 Å². The average Bonchev–Trinajstić information content (AvgIpc) is 3.59. The van der Waals surface area contributed by atoms with Gasteiger partial charge in [0.25, 0.3) is 0 Å². The van der Waals surface area contributed by atoms with Crippen LogP contribution in [0.2, 0.25) is 0 Å². The third kappa shape index (κ3) is 3.47. The second kappa shape index (κ2) is 9.69. The summed E-state index contributed by atoms with van der Waals surface area (Å²) in [6.45, 7) is 0. The first-order valence-corrected chi connectivity index (χ1v) is 15.3. The lowest BCUT2D eigenvalue weighted by atomic mass is 9.67. The summed E-state index contributed by atoms with van der Waals surface area (Å²) in [5.74, 6) is 0. The zero-order valence-corrected chi connectivity index (χ0v) is 24.2. The molecule has 206 valence electrons. The molecule has 7 aromatic carbocycles. The second-order valence-electron chi connectivity index (χ2n) is 11.7. The van der Waals surface area contributed by atoms with E-state index in [-0.39, 0.29) is 0 Å². The molecule has 1 aromatic heterocycles. The van der Waals surface area contributed by atoms with Crippen molar-refractivity contribution in [3.05, 3.63) is 198 Å². The van der Waals surface area contributed by atoms with Crippen molar-refractivity contribution in [2.45, 2.75) is 5.41 Å². The maximum absolute atomic E-state index is 2.45. The maximum atomic E-state index is 2.45. The van der Waals surface area contributed by atoms with Crippen LogP contribution in [0.25, 0.3) is 49.7 Å². The van der Waals surface area contributed by atoms with E-state index < -0.39 is 5.41 Å². The van der Waals surface area contributed by atoms with Gasteiger partial charge in [0.15, 0.2) is 0 Å². The first kappa shape index (κ1) is 24.9. The van der Waals surface area contributed by atoms with Gasteiger partial charge in [0, 0.05) is 16.5 Å². The lowest BCUT2D eigenvalue weighted by Gasteiger charge is -2.34. The number of rotatable bonds is 4. The van der Waals surface area contributed by atoms with Gasteiger partial charge in [-0.3, -0.25) is 0 Å². The number of hydrogen-bond acceptors (Lipinski definition) is 0. The minimum Gasteiger partial charge on any atom is -0.309 e. The van der Waals surface area contributed by atoms with Crippen molar-refractivity contribution in [3.8, 4) is 27.9 Å². The predicted octanol–water partition coefficient (Wildman–Crippen LogP) is 10.8. The Morgan fingerprint density at radius 1 is 0.364 bits per heavy atom. The van der Waals surface area contributed by atoms with E-state index in [1.807, 2.05) is 0 Å². The van der Waals surface area contributed by atoms with Crippen LogP contribution in [0.15, 0.2) is 176 Å². The monoisotopic (exact) mass is 559 g/mol. The molecule has 0 radical (unpaired) electrons. The maximum Gasteiger partial charge on any atom is 0.0714 e.